The lowest BCUT2D eigenvalue weighted by Crippen LogP contribution is -2.28. The molecule has 0 amide bonds. The van der Waals surface area contributed by atoms with Crippen LogP contribution >= 0.6 is 0 Å². The normalized spacial score (nSPS) is 19.5. The Morgan fingerprint density at radius 2 is 1.54 bits per heavy atom. The van der Waals surface area contributed by atoms with Gasteiger partial charge in [0.05, 0.1) is 11.9 Å². The van der Waals surface area contributed by atoms with E-state index in [1.807, 2.05) is 30.5 Å². The Labute approximate surface area is 214 Å². The molecule has 3 aromatic rings. The molecule has 2 saturated carbocycles. The summed E-state index contributed by atoms with van der Waals surface area (Å²) in [5, 5.41) is 0. The van der Waals surface area contributed by atoms with E-state index in [-0.39, 0.29) is 11.2 Å². The van der Waals surface area contributed by atoms with Crippen molar-refractivity contribution in [2.75, 3.05) is 0 Å². The number of alkyl halides is 3. The van der Waals surface area contributed by atoms with Crippen molar-refractivity contribution in [2.24, 2.45) is 5.41 Å². The predicted molar refractivity (Wildman–Crippen MR) is 135 cm³/mol. The second kappa shape index (κ2) is 8.89. The highest BCUT2D eigenvalue weighted by atomic mass is 32.2. The van der Waals surface area contributed by atoms with Gasteiger partial charge in [-0.1, -0.05) is 56.0 Å². The van der Waals surface area contributed by atoms with Gasteiger partial charge in [0.2, 0.25) is 0 Å². The molecule has 1 spiro atoms. The second-order valence-corrected chi connectivity index (χ2v) is 12.4. The van der Waals surface area contributed by atoms with Crippen LogP contribution in [0.1, 0.15) is 74.2 Å². The molecule has 2 fully saturated rings. The number of nitrogens with one attached hydrogen (secondary N) is 1. The fourth-order valence-corrected chi connectivity index (χ4v) is 7.08. The van der Waals surface area contributed by atoms with E-state index in [0.717, 1.165) is 59.5 Å². The van der Waals surface area contributed by atoms with Crippen LogP contribution in [0.2, 0.25) is 0 Å². The molecule has 0 aliphatic heterocycles. The standard InChI is InChI=1S/C28H29F3N2O3S/c29-28(30,31)37(34,35)36-25-12-11-21(22-15-27(16-23(22)25)13-3-4-14-27)18-7-9-19(10-8-18)24-17-32-26(33-24)20-5-1-2-6-20/h7-12,17,20H,1-6,13-16H2,(H,32,33). The minimum atomic E-state index is -5.73. The minimum absolute atomic E-state index is 0.0367. The van der Waals surface area contributed by atoms with E-state index >= 15 is 0 Å². The van der Waals surface area contributed by atoms with Crippen LogP contribution in [0.25, 0.3) is 22.4 Å². The van der Waals surface area contributed by atoms with E-state index in [1.165, 1.54) is 31.7 Å². The second-order valence-electron chi connectivity index (χ2n) is 10.9. The van der Waals surface area contributed by atoms with Gasteiger partial charge in [0.15, 0.2) is 0 Å². The molecule has 1 heterocycles. The summed E-state index contributed by atoms with van der Waals surface area (Å²) in [6.45, 7) is 0. The molecule has 3 aliphatic carbocycles. The van der Waals surface area contributed by atoms with Crippen LogP contribution in [0.4, 0.5) is 13.2 Å². The Kier molecular flexibility index (Phi) is 5.89. The summed E-state index contributed by atoms with van der Waals surface area (Å²) in [7, 11) is -5.73. The van der Waals surface area contributed by atoms with E-state index in [4.69, 9.17) is 0 Å². The molecule has 0 atom stereocenters. The first-order valence-corrected chi connectivity index (χ1v) is 14.4. The van der Waals surface area contributed by atoms with Crippen LogP contribution in [0.5, 0.6) is 5.75 Å². The van der Waals surface area contributed by atoms with Crippen molar-refractivity contribution >= 4 is 10.1 Å². The van der Waals surface area contributed by atoms with Crippen molar-refractivity contribution in [3.8, 4) is 28.1 Å². The van der Waals surface area contributed by atoms with Crippen molar-refractivity contribution in [3.05, 3.63) is 59.5 Å². The molecule has 196 valence electrons. The Morgan fingerprint density at radius 1 is 0.892 bits per heavy atom. The van der Waals surface area contributed by atoms with Gasteiger partial charge in [0.1, 0.15) is 11.6 Å². The number of nitrogens with zero attached hydrogens (tertiary/aromatic N) is 1. The topological polar surface area (TPSA) is 72.1 Å². The minimum Gasteiger partial charge on any atom is -0.376 e. The summed E-state index contributed by atoms with van der Waals surface area (Å²) in [6, 6.07) is 11.1. The highest BCUT2D eigenvalue weighted by molar-refractivity contribution is 7.88. The van der Waals surface area contributed by atoms with Crippen LogP contribution in [-0.4, -0.2) is 23.9 Å². The molecule has 2 aromatic carbocycles. The van der Waals surface area contributed by atoms with Gasteiger partial charge in [0, 0.05) is 11.5 Å². The van der Waals surface area contributed by atoms with Crippen molar-refractivity contribution in [3.63, 3.8) is 0 Å². The van der Waals surface area contributed by atoms with Crippen LogP contribution in [0, 0.1) is 5.41 Å². The third kappa shape index (κ3) is 4.45. The van der Waals surface area contributed by atoms with Gasteiger partial charge in [-0.2, -0.15) is 21.6 Å². The van der Waals surface area contributed by atoms with Gasteiger partial charge in [-0.25, -0.2) is 4.98 Å². The highest BCUT2D eigenvalue weighted by Crippen LogP contribution is 2.53. The van der Waals surface area contributed by atoms with E-state index in [0.29, 0.717) is 24.3 Å². The van der Waals surface area contributed by atoms with Crippen molar-refractivity contribution in [1.82, 2.24) is 9.97 Å². The zero-order valence-corrected chi connectivity index (χ0v) is 21.2. The lowest BCUT2D eigenvalue weighted by atomic mass is 9.83. The van der Waals surface area contributed by atoms with Gasteiger partial charge in [-0.15, -0.1) is 0 Å². The lowest BCUT2D eigenvalue weighted by Gasteiger charge is -2.21. The first-order chi connectivity index (χ1) is 17.6. The van der Waals surface area contributed by atoms with Crippen LogP contribution in [-0.2, 0) is 23.0 Å². The number of halogens is 3. The fraction of sp³-hybridized carbons (Fsp3) is 0.464. The molecule has 0 radical (unpaired) electrons. The van der Waals surface area contributed by atoms with E-state index < -0.39 is 15.6 Å². The van der Waals surface area contributed by atoms with Gasteiger partial charge < -0.3 is 9.17 Å². The molecular formula is C28H29F3N2O3S. The molecule has 5 nitrogen and oxygen atoms in total. The zero-order valence-electron chi connectivity index (χ0n) is 20.4. The summed E-state index contributed by atoms with van der Waals surface area (Å²) < 4.78 is 67.4. The Balaban J connectivity index is 1.33. The smallest absolute Gasteiger partial charge is 0.376 e. The fourth-order valence-electron chi connectivity index (χ4n) is 6.59. The largest absolute Gasteiger partial charge is 0.534 e. The molecule has 0 unspecified atom stereocenters. The predicted octanol–water partition coefficient (Wildman–Crippen LogP) is 7.29. The molecule has 3 aliphatic rings. The van der Waals surface area contributed by atoms with E-state index in [2.05, 4.69) is 14.2 Å². The number of aromatic amines is 1. The zero-order chi connectivity index (χ0) is 25.8. The quantitative estimate of drug-likeness (QED) is 0.278. The van der Waals surface area contributed by atoms with Crippen LogP contribution in [0.3, 0.4) is 0 Å². The molecule has 9 heteroatoms. The van der Waals surface area contributed by atoms with Gasteiger partial charge in [0.25, 0.3) is 0 Å². The van der Waals surface area contributed by atoms with E-state index in [9.17, 15) is 21.6 Å². The first kappa shape index (κ1) is 24.5. The monoisotopic (exact) mass is 530 g/mol. The molecule has 0 bridgehead atoms. The average molecular weight is 531 g/mol. The van der Waals surface area contributed by atoms with Crippen molar-refractivity contribution < 1.29 is 25.8 Å². The Bertz CT molecular complexity index is 1420. The average Bonchev–Trinajstić information content (AvgIpc) is 3.66. The SMILES string of the molecule is O=S(=O)(Oc1ccc(-c2ccc(-c3cnc(C4CCCC4)[nH]3)cc2)c2c1CC1(CCCC1)C2)C(F)(F)F. The summed E-state index contributed by atoms with van der Waals surface area (Å²) in [5.41, 5.74) is -0.187. The number of aromatic nitrogens is 2. The molecule has 1 aromatic heterocycles. The first-order valence-electron chi connectivity index (χ1n) is 13.0. The van der Waals surface area contributed by atoms with Gasteiger partial charge >= 0.3 is 15.6 Å². The van der Waals surface area contributed by atoms with E-state index in [1.54, 1.807) is 6.07 Å². The third-order valence-corrected chi connectivity index (χ3v) is 9.45. The Morgan fingerprint density at radius 3 is 2.22 bits per heavy atom. The molecule has 0 saturated heterocycles. The summed E-state index contributed by atoms with van der Waals surface area (Å²) in [5.74, 6) is 1.34. The summed E-state index contributed by atoms with van der Waals surface area (Å²) in [4.78, 5) is 8.07. The molecule has 6 rings (SSSR count). The number of rotatable bonds is 5. The van der Waals surface area contributed by atoms with Crippen molar-refractivity contribution in [1.29, 1.82) is 0 Å². The maximum Gasteiger partial charge on any atom is 0.534 e. The van der Waals surface area contributed by atoms with Crippen molar-refractivity contribution in [2.45, 2.75) is 75.6 Å². The Hall–Kier alpha value is -2.81. The highest BCUT2D eigenvalue weighted by Gasteiger charge is 2.50. The summed E-state index contributed by atoms with van der Waals surface area (Å²) >= 11 is 0. The summed E-state index contributed by atoms with van der Waals surface area (Å²) in [6.07, 6.45) is 12.1. The molecule has 1 N–H and O–H groups in total. The third-order valence-electron chi connectivity index (χ3n) is 8.48. The number of fused-ring (bicyclic) bond motifs is 1. The number of hydrogen-bond acceptors (Lipinski definition) is 4. The van der Waals surface area contributed by atoms with Gasteiger partial charge in [-0.3, -0.25) is 0 Å². The maximum atomic E-state index is 13.1. The molecule has 37 heavy (non-hydrogen) atoms. The van der Waals surface area contributed by atoms with Crippen LogP contribution < -0.4 is 4.18 Å². The number of imidazole rings is 1. The lowest BCUT2D eigenvalue weighted by molar-refractivity contribution is -0.0500. The maximum absolute atomic E-state index is 13.1. The number of hydrogen-bond donors (Lipinski definition) is 1. The van der Waals surface area contributed by atoms with Gasteiger partial charge in [-0.05, 0) is 72.3 Å². The van der Waals surface area contributed by atoms with Crippen LogP contribution in [0.15, 0.2) is 42.6 Å². The number of benzene rings is 2. The number of H-pyrrole nitrogens is 1. The molecular weight excluding hydrogens is 501 g/mol.